The van der Waals surface area contributed by atoms with Gasteiger partial charge in [0.2, 0.25) is 11.6 Å². The van der Waals surface area contributed by atoms with Crippen molar-refractivity contribution in [1.29, 1.82) is 0 Å². The molecule has 10 nitrogen and oxygen atoms in total. The zero-order chi connectivity index (χ0) is 34.5. The molecule has 0 saturated heterocycles. The van der Waals surface area contributed by atoms with Crippen molar-refractivity contribution >= 4 is 29.5 Å². The van der Waals surface area contributed by atoms with E-state index in [9.17, 15) is 29.1 Å². The smallest absolute Gasteiger partial charge is 0.310 e. The molecule has 4 aliphatic rings. The molecule has 0 aliphatic heterocycles. The van der Waals surface area contributed by atoms with Gasteiger partial charge in [-0.25, -0.2) is 0 Å². The van der Waals surface area contributed by atoms with E-state index in [2.05, 4.69) is 4.74 Å². The van der Waals surface area contributed by atoms with Crippen LogP contribution in [0.15, 0.2) is 69.9 Å². The number of aliphatic hydroxyl groups is 1. The Morgan fingerprint density at radius 3 is 1.65 bits per heavy atom. The number of carbonyl (C=O) groups is 5. The van der Waals surface area contributed by atoms with E-state index in [4.69, 9.17) is 13.6 Å². The molecule has 4 atom stereocenters. The third kappa shape index (κ3) is 5.11. The lowest BCUT2D eigenvalue weighted by molar-refractivity contribution is -0.156. The topological polar surface area (TPSA) is 150 Å². The number of hydrogen-bond donors (Lipinski definition) is 1. The number of benzene rings is 2. The molecule has 10 heteroatoms. The van der Waals surface area contributed by atoms with Gasteiger partial charge in [0.1, 0.15) is 6.10 Å². The van der Waals surface area contributed by atoms with Crippen molar-refractivity contribution in [3.05, 3.63) is 117 Å². The molecule has 248 valence electrons. The predicted molar refractivity (Wildman–Crippen MR) is 171 cm³/mol. The van der Waals surface area contributed by atoms with E-state index in [0.717, 1.165) is 52.6 Å². The third-order valence-electron chi connectivity index (χ3n) is 9.92. The minimum atomic E-state index is -0.562. The summed E-state index contributed by atoms with van der Waals surface area (Å²) in [6.07, 6.45) is 5.53. The van der Waals surface area contributed by atoms with E-state index in [1.54, 1.807) is 12.5 Å². The molecule has 0 amide bonds. The van der Waals surface area contributed by atoms with Crippen LogP contribution in [0.4, 0.5) is 0 Å². The Hall–Kier alpha value is -5.09. The summed E-state index contributed by atoms with van der Waals surface area (Å²) in [4.78, 5) is 56.3. The summed E-state index contributed by atoms with van der Waals surface area (Å²) in [7, 11) is 0. The van der Waals surface area contributed by atoms with Gasteiger partial charge in [-0.15, -0.1) is 0 Å². The maximum Gasteiger partial charge on any atom is 0.310 e. The van der Waals surface area contributed by atoms with Crippen molar-refractivity contribution in [2.75, 3.05) is 0 Å². The maximum absolute atomic E-state index is 12.7. The van der Waals surface area contributed by atoms with Crippen LogP contribution in [-0.2, 0) is 47.5 Å². The summed E-state index contributed by atoms with van der Waals surface area (Å²) >= 11 is 0. The summed E-state index contributed by atoms with van der Waals surface area (Å²) in [6, 6.07) is 15.1. The fourth-order valence-corrected chi connectivity index (χ4v) is 7.83. The van der Waals surface area contributed by atoms with Crippen LogP contribution in [0.3, 0.4) is 0 Å². The quantitative estimate of drug-likeness (QED) is 0.205. The lowest BCUT2D eigenvalue weighted by atomic mass is 9.61. The number of fused-ring (bicyclic) bond motifs is 4. The number of ether oxygens (including phenoxy) is 2. The van der Waals surface area contributed by atoms with Crippen LogP contribution >= 0.6 is 0 Å². The largest absolute Gasteiger partial charge is 0.461 e. The van der Waals surface area contributed by atoms with Crippen molar-refractivity contribution in [3.63, 3.8) is 0 Å². The Balaban J connectivity index is 0.000000141. The molecule has 2 aromatic carbocycles. The molecule has 2 heterocycles. The van der Waals surface area contributed by atoms with Gasteiger partial charge in [-0.3, -0.25) is 24.0 Å². The van der Waals surface area contributed by atoms with Crippen LogP contribution in [0.1, 0.15) is 113 Å². The maximum atomic E-state index is 12.7. The van der Waals surface area contributed by atoms with Gasteiger partial charge >= 0.3 is 17.9 Å². The SMILES string of the molecule is CC(=O)OC(C)=O.CC(=O)OC1CCc2coc3c2C1(C)c1ccccc1C3=O.CC12c3ccccc3C(=O)c3occ(c31)CCC2O. The second-order valence-electron chi connectivity index (χ2n) is 12.9. The van der Waals surface area contributed by atoms with Gasteiger partial charge in [-0.05, 0) is 61.8 Å². The lowest BCUT2D eigenvalue weighted by Crippen LogP contribution is -2.47. The lowest BCUT2D eigenvalue weighted by Gasteiger charge is -2.43. The Kier molecular flexibility index (Phi) is 8.33. The highest BCUT2D eigenvalue weighted by Crippen LogP contribution is 2.51. The van der Waals surface area contributed by atoms with E-state index >= 15 is 0 Å². The molecular weight excluding hydrogens is 616 g/mol. The number of esters is 3. The fraction of sp³-hybridized carbons (Fsp3) is 0.342. The molecule has 4 aliphatic carbocycles. The summed E-state index contributed by atoms with van der Waals surface area (Å²) in [6.45, 7) is 7.85. The monoisotopic (exact) mass is 652 g/mol. The number of furan rings is 2. The van der Waals surface area contributed by atoms with Gasteiger partial charge in [0.25, 0.3) is 0 Å². The number of aryl methyl sites for hydroxylation is 2. The van der Waals surface area contributed by atoms with E-state index < -0.39 is 28.9 Å². The molecule has 2 aromatic heterocycles. The van der Waals surface area contributed by atoms with Crippen molar-refractivity contribution in [2.24, 2.45) is 0 Å². The van der Waals surface area contributed by atoms with Crippen molar-refractivity contribution < 1.29 is 47.4 Å². The summed E-state index contributed by atoms with van der Waals surface area (Å²) in [5.74, 6) is -0.765. The van der Waals surface area contributed by atoms with Gasteiger partial charge in [-0.2, -0.15) is 0 Å². The Morgan fingerprint density at radius 1 is 0.708 bits per heavy atom. The first-order valence-corrected chi connectivity index (χ1v) is 15.8. The van der Waals surface area contributed by atoms with Crippen molar-refractivity contribution in [2.45, 2.75) is 83.3 Å². The molecule has 1 N–H and O–H groups in total. The number of hydrogen-bond acceptors (Lipinski definition) is 10. The highest BCUT2D eigenvalue weighted by Gasteiger charge is 2.53. The first kappa shape index (κ1) is 32.8. The molecular formula is C38H36O10. The fourth-order valence-electron chi connectivity index (χ4n) is 7.83. The van der Waals surface area contributed by atoms with E-state index in [1.165, 1.54) is 20.8 Å². The summed E-state index contributed by atoms with van der Waals surface area (Å²) in [5.41, 5.74) is 5.96. The molecule has 48 heavy (non-hydrogen) atoms. The van der Waals surface area contributed by atoms with Gasteiger partial charge in [-0.1, -0.05) is 48.5 Å². The molecule has 0 saturated carbocycles. The molecule has 4 aromatic rings. The first-order valence-electron chi connectivity index (χ1n) is 15.8. The van der Waals surface area contributed by atoms with E-state index in [1.807, 2.05) is 62.4 Å². The van der Waals surface area contributed by atoms with Gasteiger partial charge in [0.15, 0.2) is 11.5 Å². The molecule has 8 rings (SSSR count). The van der Waals surface area contributed by atoms with Crippen LogP contribution in [-0.4, -0.2) is 46.8 Å². The Morgan fingerprint density at radius 2 is 1.17 bits per heavy atom. The van der Waals surface area contributed by atoms with Gasteiger partial charge < -0.3 is 23.4 Å². The average Bonchev–Trinajstić information content (AvgIpc) is 3.69. The first-order chi connectivity index (χ1) is 22.8. The van der Waals surface area contributed by atoms with Crippen LogP contribution in [0.2, 0.25) is 0 Å². The molecule has 0 spiro atoms. The second-order valence-corrected chi connectivity index (χ2v) is 12.9. The number of carbonyl (C=O) groups excluding carboxylic acids is 5. The molecule has 0 bridgehead atoms. The predicted octanol–water partition coefficient (Wildman–Crippen LogP) is 5.54. The van der Waals surface area contributed by atoms with E-state index in [-0.39, 0.29) is 23.6 Å². The zero-order valence-electron chi connectivity index (χ0n) is 27.4. The number of rotatable bonds is 1. The van der Waals surface area contributed by atoms with Gasteiger partial charge in [0.05, 0.1) is 24.0 Å². The van der Waals surface area contributed by atoms with Crippen molar-refractivity contribution in [1.82, 2.24) is 0 Å². The van der Waals surface area contributed by atoms with Crippen LogP contribution in [0, 0.1) is 0 Å². The summed E-state index contributed by atoms with van der Waals surface area (Å²) < 4.78 is 20.7. The standard InChI is InChI=1S/C18H16O4.C16H14O3.C4H6O3/c1-10(19)22-14-8-7-11-9-21-17-15(11)18(14,2)13-6-4-3-5-12(13)16(17)20;1-16-11-5-3-2-4-10(11)14(18)15-13(16)9(8-19-15)6-7-12(16)17;1-3(5)7-4(2)6/h3-6,9,14H,7-8H2,1-2H3;2-5,8,12,17H,6-7H2,1H3;1-2H3. The average molecular weight is 653 g/mol. The highest BCUT2D eigenvalue weighted by molar-refractivity contribution is 6.12. The molecule has 0 radical (unpaired) electrons. The van der Waals surface area contributed by atoms with Crippen LogP contribution in [0.5, 0.6) is 0 Å². The van der Waals surface area contributed by atoms with E-state index in [0.29, 0.717) is 29.1 Å². The molecule has 4 unspecified atom stereocenters. The normalized spacial score (nSPS) is 23.8. The van der Waals surface area contributed by atoms with Crippen LogP contribution < -0.4 is 0 Å². The zero-order valence-corrected chi connectivity index (χ0v) is 27.4. The number of aliphatic hydroxyl groups excluding tert-OH is 1. The van der Waals surface area contributed by atoms with Crippen molar-refractivity contribution in [3.8, 4) is 0 Å². The van der Waals surface area contributed by atoms with Gasteiger partial charge in [0, 0.05) is 48.4 Å². The summed E-state index contributed by atoms with van der Waals surface area (Å²) in [5, 5.41) is 10.5. The second kappa shape index (κ2) is 12.2. The Labute approximate surface area is 277 Å². The highest BCUT2D eigenvalue weighted by atomic mass is 16.6. The van der Waals surface area contributed by atoms with Crippen LogP contribution in [0.25, 0.3) is 0 Å². The third-order valence-corrected chi connectivity index (χ3v) is 9.92. The minimum Gasteiger partial charge on any atom is -0.461 e. The molecule has 0 fully saturated rings. The number of ketones is 2. The minimum absolute atomic E-state index is 0.0663. The Bertz CT molecular complexity index is 1970.